The number of rotatable bonds is 2. The number of piperidine rings is 1. The number of carbonyl (C=O) groups excluding carboxylic acids is 2. The molecule has 7 saturated carbocycles. The summed E-state index contributed by atoms with van der Waals surface area (Å²) in [4.78, 5) is 31.4. The summed E-state index contributed by atoms with van der Waals surface area (Å²) < 4.78 is 0. The molecular weight excluding hydrogens is 444 g/mol. The van der Waals surface area contributed by atoms with Crippen molar-refractivity contribution in [1.29, 1.82) is 0 Å². The van der Waals surface area contributed by atoms with Crippen LogP contribution in [0.1, 0.15) is 97.8 Å². The number of nitrogens with zero attached hydrogens (tertiary/aromatic N) is 2. The average molecular weight is 495 g/mol. The van der Waals surface area contributed by atoms with Crippen molar-refractivity contribution in [3.8, 4) is 0 Å². The minimum absolute atomic E-state index is 0.150. The Kier molecular flexibility index (Phi) is 5.32. The van der Waals surface area contributed by atoms with Gasteiger partial charge in [-0.05, 0) is 129 Å². The lowest BCUT2D eigenvalue weighted by atomic mass is 9.46. The second-order valence-corrected chi connectivity index (χ2v) is 15.6. The topological polar surface area (TPSA) is 40.6 Å². The minimum Gasteiger partial charge on any atom is -0.342 e. The summed E-state index contributed by atoms with van der Waals surface area (Å²) in [6.07, 6.45) is 14.9. The molecule has 3 unspecified atom stereocenters. The summed E-state index contributed by atoms with van der Waals surface area (Å²) in [5.74, 6) is 7.13. The summed E-state index contributed by atoms with van der Waals surface area (Å²) in [7, 11) is 4.26. The van der Waals surface area contributed by atoms with Crippen LogP contribution in [-0.4, -0.2) is 47.8 Å². The lowest BCUT2D eigenvalue weighted by Crippen LogP contribution is -2.62. The zero-order chi connectivity index (χ0) is 25.1. The highest BCUT2D eigenvalue weighted by Gasteiger charge is 2.64. The van der Waals surface area contributed by atoms with Crippen molar-refractivity contribution in [3.63, 3.8) is 0 Å². The summed E-state index contributed by atoms with van der Waals surface area (Å²) >= 11 is 0. The van der Waals surface area contributed by atoms with Gasteiger partial charge in [0.2, 0.25) is 11.8 Å². The molecule has 36 heavy (non-hydrogen) atoms. The van der Waals surface area contributed by atoms with Crippen molar-refractivity contribution >= 4 is 11.8 Å². The predicted molar refractivity (Wildman–Crippen MR) is 142 cm³/mol. The average Bonchev–Trinajstić information content (AvgIpc) is 3.10. The van der Waals surface area contributed by atoms with Crippen LogP contribution in [0.4, 0.5) is 0 Å². The molecule has 0 aromatic rings. The van der Waals surface area contributed by atoms with Crippen molar-refractivity contribution < 1.29 is 9.59 Å². The van der Waals surface area contributed by atoms with Crippen LogP contribution in [0.5, 0.6) is 0 Å². The van der Waals surface area contributed by atoms with Gasteiger partial charge in [-0.1, -0.05) is 20.8 Å². The molecule has 7 aliphatic carbocycles. The van der Waals surface area contributed by atoms with Crippen LogP contribution in [-0.2, 0) is 9.59 Å². The molecule has 0 radical (unpaired) electrons. The Labute approximate surface area is 219 Å². The molecule has 0 spiro atoms. The van der Waals surface area contributed by atoms with Gasteiger partial charge >= 0.3 is 0 Å². The van der Waals surface area contributed by atoms with E-state index in [4.69, 9.17) is 0 Å². The van der Waals surface area contributed by atoms with Gasteiger partial charge < -0.3 is 9.80 Å². The fourth-order valence-electron chi connectivity index (χ4n) is 12.9. The van der Waals surface area contributed by atoms with Crippen LogP contribution in [0.25, 0.3) is 0 Å². The molecule has 1 aliphatic heterocycles. The second-order valence-electron chi connectivity index (χ2n) is 15.6. The first-order valence-corrected chi connectivity index (χ1v) is 15.6. The van der Waals surface area contributed by atoms with Gasteiger partial charge in [-0.25, -0.2) is 0 Å². The SMILES string of the molecule is CC1C[C@H]2[C@@H]3CCC4N(C)C(=O)CC[C@]4(C)[C@@H]3CC[C@]2(C)C1C(=O)N(C)C1C2CC3CC(C2)CC1C3. The summed E-state index contributed by atoms with van der Waals surface area (Å²) in [6, 6.07) is 0.935. The Morgan fingerprint density at radius 3 is 2.22 bits per heavy atom. The van der Waals surface area contributed by atoms with Crippen LogP contribution in [0.15, 0.2) is 0 Å². The third-order valence-electron chi connectivity index (χ3n) is 14.1. The van der Waals surface area contributed by atoms with Gasteiger partial charge in [0.25, 0.3) is 0 Å². The molecule has 4 nitrogen and oxygen atoms in total. The first kappa shape index (κ1) is 24.0. The Morgan fingerprint density at radius 1 is 0.889 bits per heavy atom. The summed E-state index contributed by atoms with van der Waals surface area (Å²) in [6.45, 7) is 7.45. The molecule has 4 heteroatoms. The molecule has 8 aliphatic rings. The maximum atomic E-state index is 14.5. The Hall–Kier alpha value is -1.06. The fraction of sp³-hybridized carbons (Fsp3) is 0.938. The van der Waals surface area contributed by atoms with Gasteiger partial charge in [0.1, 0.15) is 0 Å². The fourth-order valence-corrected chi connectivity index (χ4v) is 12.9. The first-order valence-electron chi connectivity index (χ1n) is 15.6. The normalized spacial score (nSPS) is 55.2. The molecule has 2 amide bonds. The monoisotopic (exact) mass is 494 g/mol. The highest BCUT2D eigenvalue weighted by atomic mass is 16.2. The maximum Gasteiger partial charge on any atom is 0.226 e. The van der Waals surface area contributed by atoms with E-state index in [-0.39, 0.29) is 16.7 Å². The Bertz CT molecular complexity index is 918. The third-order valence-corrected chi connectivity index (χ3v) is 14.1. The van der Waals surface area contributed by atoms with E-state index in [1.54, 1.807) is 0 Å². The van der Waals surface area contributed by atoms with Gasteiger partial charge in [0, 0.05) is 38.5 Å². The third kappa shape index (κ3) is 3.11. The van der Waals surface area contributed by atoms with Crippen molar-refractivity contribution in [2.45, 2.75) is 110 Å². The second kappa shape index (κ2) is 7.98. The van der Waals surface area contributed by atoms with E-state index >= 15 is 0 Å². The van der Waals surface area contributed by atoms with Crippen LogP contribution in [0.2, 0.25) is 0 Å². The number of likely N-dealkylation sites (tertiary alicyclic amines) is 1. The van der Waals surface area contributed by atoms with Crippen LogP contribution in [0.3, 0.4) is 0 Å². The van der Waals surface area contributed by atoms with Crippen LogP contribution in [0, 0.1) is 64.1 Å². The molecule has 200 valence electrons. The molecular formula is C32H50N2O2. The highest BCUT2D eigenvalue weighted by molar-refractivity contribution is 5.81. The standard InChI is InChI=1S/C32H50N2O2/c1-18-12-25-23-6-7-26-31(2,11-9-27(35)33(26)4)24(23)8-10-32(25,3)28(18)30(36)34(5)29-21-14-19-13-20(16-21)17-22(29)15-19/h18-26,28-29H,6-17H2,1-5H3/t18?,19?,20?,21?,22?,23-,24-,25+,26?,28?,29?,31-,32+/m1/s1. The Morgan fingerprint density at radius 2 is 1.56 bits per heavy atom. The van der Waals surface area contributed by atoms with E-state index in [9.17, 15) is 9.59 Å². The van der Waals surface area contributed by atoms with Crippen molar-refractivity contribution in [1.82, 2.24) is 9.80 Å². The molecule has 1 heterocycles. The molecule has 8 fully saturated rings. The number of hydrogen-bond donors (Lipinski definition) is 0. The molecule has 0 aromatic carbocycles. The molecule has 0 aromatic heterocycles. The van der Waals surface area contributed by atoms with Crippen molar-refractivity contribution in [2.75, 3.05) is 14.1 Å². The lowest BCUT2D eigenvalue weighted by Gasteiger charge is -2.62. The van der Waals surface area contributed by atoms with Gasteiger partial charge in [-0.15, -0.1) is 0 Å². The zero-order valence-electron chi connectivity index (χ0n) is 23.5. The number of fused-ring (bicyclic) bond motifs is 5. The van der Waals surface area contributed by atoms with E-state index in [1.165, 1.54) is 57.8 Å². The molecule has 8 rings (SSSR count). The molecule has 4 bridgehead atoms. The maximum absolute atomic E-state index is 14.5. The largest absolute Gasteiger partial charge is 0.342 e. The van der Waals surface area contributed by atoms with E-state index in [1.807, 2.05) is 0 Å². The van der Waals surface area contributed by atoms with E-state index < -0.39 is 0 Å². The number of hydrogen-bond acceptors (Lipinski definition) is 2. The van der Waals surface area contributed by atoms with Crippen molar-refractivity contribution in [2.24, 2.45) is 64.1 Å². The summed E-state index contributed by atoms with van der Waals surface area (Å²) in [5, 5.41) is 0. The van der Waals surface area contributed by atoms with E-state index in [0.29, 0.717) is 41.7 Å². The van der Waals surface area contributed by atoms with Gasteiger partial charge in [-0.3, -0.25) is 9.59 Å². The smallest absolute Gasteiger partial charge is 0.226 e. The van der Waals surface area contributed by atoms with E-state index in [2.05, 4.69) is 44.7 Å². The zero-order valence-corrected chi connectivity index (χ0v) is 23.5. The minimum atomic E-state index is 0.150. The van der Waals surface area contributed by atoms with Gasteiger partial charge in [0.05, 0.1) is 0 Å². The van der Waals surface area contributed by atoms with Crippen molar-refractivity contribution in [3.05, 3.63) is 0 Å². The Balaban J connectivity index is 1.13. The van der Waals surface area contributed by atoms with Crippen LogP contribution >= 0.6 is 0 Å². The number of carbonyl (C=O) groups is 2. The quantitative estimate of drug-likeness (QED) is 0.473. The van der Waals surface area contributed by atoms with Crippen LogP contribution < -0.4 is 0 Å². The predicted octanol–water partition coefficient (Wildman–Crippen LogP) is 6.00. The summed E-state index contributed by atoms with van der Waals surface area (Å²) in [5.41, 5.74) is 0.410. The van der Waals surface area contributed by atoms with E-state index in [0.717, 1.165) is 48.9 Å². The number of amides is 2. The van der Waals surface area contributed by atoms with Gasteiger partial charge in [-0.2, -0.15) is 0 Å². The molecule has 8 atom stereocenters. The molecule has 1 saturated heterocycles. The highest BCUT2D eigenvalue weighted by Crippen LogP contribution is 2.67. The lowest BCUT2D eigenvalue weighted by molar-refractivity contribution is -0.164. The first-order chi connectivity index (χ1) is 17.1. The van der Waals surface area contributed by atoms with Gasteiger partial charge in [0.15, 0.2) is 0 Å². The molecule has 0 N–H and O–H groups in total.